The summed E-state index contributed by atoms with van der Waals surface area (Å²) < 4.78 is 0. The molecule has 1 unspecified atom stereocenters. The zero-order valence-corrected chi connectivity index (χ0v) is 11.4. The van der Waals surface area contributed by atoms with Gasteiger partial charge in [0.25, 0.3) is 0 Å². The Kier molecular flexibility index (Phi) is 2.75. The summed E-state index contributed by atoms with van der Waals surface area (Å²) in [5.41, 5.74) is 7.75. The topological polar surface area (TPSA) is 62.2 Å². The number of nitrogen functional groups attached to an aromatic ring is 1. The molecule has 0 fully saturated rings. The first-order valence-electron chi connectivity index (χ1n) is 5.71. The van der Waals surface area contributed by atoms with Crippen molar-refractivity contribution in [3.63, 3.8) is 0 Å². The van der Waals surface area contributed by atoms with E-state index in [9.17, 15) is 5.26 Å². The Morgan fingerprint density at radius 1 is 1.47 bits per heavy atom. The fourth-order valence-corrected chi connectivity index (χ4v) is 3.62. The first-order valence-corrected chi connectivity index (χ1v) is 6.53. The molecule has 1 aliphatic heterocycles. The van der Waals surface area contributed by atoms with Crippen LogP contribution in [0, 0.1) is 16.7 Å². The van der Waals surface area contributed by atoms with Gasteiger partial charge in [0, 0.05) is 12.1 Å². The number of aliphatic imine (C=N–C) groups is 1. The molecule has 2 rings (SSSR count). The zero-order chi connectivity index (χ0) is 12.8. The van der Waals surface area contributed by atoms with Crippen molar-refractivity contribution in [2.24, 2.45) is 10.4 Å². The fourth-order valence-electron chi connectivity index (χ4n) is 2.67. The highest BCUT2D eigenvalue weighted by Crippen LogP contribution is 2.47. The third-order valence-electron chi connectivity index (χ3n) is 3.27. The number of thiophene rings is 1. The summed E-state index contributed by atoms with van der Waals surface area (Å²) >= 11 is 1.47. The van der Waals surface area contributed by atoms with Gasteiger partial charge in [0.15, 0.2) is 0 Å². The van der Waals surface area contributed by atoms with E-state index in [1.807, 2.05) is 6.21 Å². The zero-order valence-electron chi connectivity index (χ0n) is 10.6. The smallest absolute Gasteiger partial charge is 0.105 e. The van der Waals surface area contributed by atoms with E-state index in [0.717, 1.165) is 10.4 Å². The Hall–Kier alpha value is -1.34. The van der Waals surface area contributed by atoms with Crippen LogP contribution in [0.1, 0.15) is 49.6 Å². The number of nitriles is 1. The van der Waals surface area contributed by atoms with Crippen molar-refractivity contribution in [3.05, 3.63) is 16.0 Å². The Morgan fingerprint density at radius 2 is 2.12 bits per heavy atom. The van der Waals surface area contributed by atoms with E-state index in [0.29, 0.717) is 10.6 Å². The number of anilines is 1. The van der Waals surface area contributed by atoms with Gasteiger partial charge < -0.3 is 5.73 Å². The van der Waals surface area contributed by atoms with E-state index in [2.05, 4.69) is 38.8 Å². The Bertz CT molecular complexity index is 514. The summed E-state index contributed by atoms with van der Waals surface area (Å²) in [4.78, 5) is 5.58. The van der Waals surface area contributed by atoms with E-state index in [-0.39, 0.29) is 17.4 Å². The first-order chi connectivity index (χ1) is 7.86. The SMILES string of the molecule is CC1N=Cc2sc(N)c(C#N)c2[C@@H]1C(C)(C)C. The van der Waals surface area contributed by atoms with Crippen LogP contribution >= 0.6 is 11.3 Å². The standard InChI is InChI=1S/C13H17N3S/c1-7-11(13(2,3)4)10-8(5-14)12(15)17-9(10)6-16-7/h6-7,11H,15H2,1-4H3/t7?,11-/m1/s1. The van der Waals surface area contributed by atoms with Crippen LogP contribution in [0.3, 0.4) is 0 Å². The summed E-state index contributed by atoms with van der Waals surface area (Å²) in [6, 6.07) is 2.45. The van der Waals surface area contributed by atoms with Crippen molar-refractivity contribution in [1.82, 2.24) is 0 Å². The van der Waals surface area contributed by atoms with Crippen molar-refractivity contribution < 1.29 is 0 Å². The minimum Gasteiger partial charge on any atom is -0.389 e. The van der Waals surface area contributed by atoms with Gasteiger partial charge in [0.05, 0.1) is 16.5 Å². The molecule has 0 amide bonds. The molecule has 1 aromatic heterocycles. The normalized spacial score (nSPS) is 23.2. The van der Waals surface area contributed by atoms with E-state index in [1.54, 1.807) is 0 Å². The first kappa shape index (κ1) is 12.1. The minimum atomic E-state index is 0.0744. The van der Waals surface area contributed by atoms with Crippen LogP contribution in [-0.2, 0) is 0 Å². The van der Waals surface area contributed by atoms with Crippen molar-refractivity contribution in [3.8, 4) is 6.07 Å². The number of nitrogens with zero attached hydrogens (tertiary/aromatic N) is 2. The lowest BCUT2D eigenvalue weighted by Crippen LogP contribution is -2.30. The summed E-state index contributed by atoms with van der Waals surface area (Å²) in [6.07, 6.45) is 1.87. The number of hydrogen-bond donors (Lipinski definition) is 1. The van der Waals surface area contributed by atoms with E-state index in [4.69, 9.17) is 5.73 Å². The van der Waals surface area contributed by atoms with Gasteiger partial charge in [-0.25, -0.2) is 0 Å². The molecule has 2 N–H and O–H groups in total. The van der Waals surface area contributed by atoms with E-state index in [1.165, 1.54) is 11.3 Å². The molecule has 0 radical (unpaired) electrons. The van der Waals surface area contributed by atoms with Gasteiger partial charge >= 0.3 is 0 Å². The molecule has 2 heterocycles. The molecule has 2 atom stereocenters. The molecule has 3 nitrogen and oxygen atoms in total. The van der Waals surface area contributed by atoms with E-state index < -0.39 is 0 Å². The highest BCUT2D eigenvalue weighted by atomic mass is 32.1. The molecule has 4 heteroatoms. The molecule has 0 spiro atoms. The molecule has 17 heavy (non-hydrogen) atoms. The number of hydrogen-bond acceptors (Lipinski definition) is 4. The minimum absolute atomic E-state index is 0.0744. The predicted octanol–water partition coefficient (Wildman–Crippen LogP) is 3.15. The van der Waals surface area contributed by atoms with Gasteiger partial charge in [-0.15, -0.1) is 11.3 Å². The Labute approximate surface area is 106 Å². The maximum absolute atomic E-state index is 9.27. The van der Waals surface area contributed by atoms with Gasteiger partial charge in [-0.1, -0.05) is 20.8 Å². The Morgan fingerprint density at radius 3 is 2.65 bits per heavy atom. The maximum Gasteiger partial charge on any atom is 0.105 e. The summed E-state index contributed by atoms with van der Waals surface area (Å²) in [6.45, 7) is 8.67. The molecule has 0 saturated carbocycles. The van der Waals surface area contributed by atoms with Gasteiger partial charge in [0.1, 0.15) is 11.1 Å². The summed E-state index contributed by atoms with van der Waals surface area (Å²) in [5, 5.41) is 9.88. The summed E-state index contributed by atoms with van der Waals surface area (Å²) in [5.74, 6) is 0.255. The maximum atomic E-state index is 9.27. The molecular weight excluding hydrogens is 230 g/mol. The largest absolute Gasteiger partial charge is 0.389 e. The number of rotatable bonds is 0. The highest BCUT2D eigenvalue weighted by molar-refractivity contribution is 7.18. The van der Waals surface area contributed by atoms with Crippen LogP contribution in [0.5, 0.6) is 0 Å². The van der Waals surface area contributed by atoms with Crippen LogP contribution in [0.25, 0.3) is 0 Å². The highest BCUT2D eigenvalue weighted by Gasteiger charge is 2.37. The second-order valence-electron chi connectivity index (χ2n) is 5.59. The average molecular weight is 247 g/mol. The molecule has 1 aromatic rings. The number of fused-ring (bicyclic) bond motifs is 1. The van der Waals surface area contributed by atoms with Crippen molar-refractivity contribution in [1.29, 1.82) is 5.26 Å². The van der Waals surface area contributed by atoms with Gasteiger partial charge in [0.2, 0.25) is 0 Å². The lowest BCUT2D eigenvalue weighted by molar-refractivity contribution is 0.287. The van der Waals surface area contributed by atoms with Gasteiger partial charge in [-0.2, -0.15) is 5.26 Å². The molecule has 1 aliphatic rings. The molecule has 0 saturated heterocycles. The molecule has 0 aliphatic carbocycles. The van der Waals surface area contributed by atoms with Crippen LogP contribution < -0.4 is 5.73 Å². The van der Waals surface area contributed by atoms with Crippen molar-refractivity contribution in [2.75, 3.05) is 5.73 Å². The Balaban J connectivity index is 2.67. The van der Waals surface area contributed by atoms with Crippen LogP contribution in [0.2, 0.25) is 0 Å². The third kappa shape index (κ3) is 1.85. The van der Waals surface area contributed by atoms with Crippen molar-refractivity contribution >= 4 is 22.6 Å². The van der Waals surface area contributed by atoms with Crippen LogP contribution in [-0.4, -0.2) is 12.3 Å². The van der Waals surface area contributed by atoms with E-state index >= 15 is 0 Å². The predicted molar refractivity (Wildman–Crippen MR) is 72.7 cm³/mol. The van der Waals surface area contributed by atoms with Gasteiger partial charge in [-0.05, 0) is 17.9 Å². The molecular formula is C13H17N3S. The second kappa shape index (κ2) is 3.85. The quantitative estimate of drug-likeness (QED) is 0.765. The van der Waals surface area contributed by atoms with Crippen LogP contribution in [0.4, 0.5) is 5.00 Å². The van der Waals surface area contributed by atoms with Gasteiger partial charge in [-0.3, -0.25) is 4.99 Å². The number of nitrogens with two attached hydrogens (primary N) is 1. The average Bonchev–Trinajstić information content (AvgIpc) is 2.51. The monoisotopic (exact) mass is 247 g/mol. The fraction of sp³-hybridized carbons (Fsp3) is 0.538. The molecule has 0 aromatic carbocycles. The molecule has 90 valence electrons. The third-order valence-corrected chi connectivity index (χ3v) is 4.24. The summed E-state index contributed by atoms with van der Waals surface area (Å²) in [7, 11) is 0. The lowest BCUT2D eigenvalue weighted by Gasteiger charge is -2.36. The second-order valence-corrected chi connectivity index (χ2v) is 6.68. The lowest BCUT2D eigenvalue weighted by atomic mass is 9.71. The van der Waals surface area contributed by atoms with Crippen molar-refractivity contribution in [2.45, 2.75) is 39.7 Å². The van der Waals surface area contributed by atoms with Crippen LogP contribution in [0.15, 0.2) is 4.99 Å². The molecule has 0 bridgehead atoms.